The van der Waals surface area contributed by atoms with Gasteiger partial charge < -0.3 is 14.2 Å². The van der Waals surface area contributed by atoms with Gasteiger partial charge in [0.25, 0.3) is 0 Å². The van der Waals surface area contributed by atoms with Gasteiger partial charge in [-0.3, -0.25) is 0 Å². The van der Waals surface area contributed by atoms with Gasteiger partial charge in [0.1, 0.15) is 0 Å². The molecule has 0 aliphatic rings. The number of rotatable bonds is 6. The minimum atomic E-state index is 0.378. The minimum Gasteiger partial charge on any atom is -0.493 e. The third-order valence-electron chi connectivity index (χ3n) is 4.07. The van der Waals surface area contributed by atoms with Gasteiger partial charge in [-0.05, 0) is 42.4 Å². The van der Waals surface area contributed by atoms with Crippen molar-refractivity contribution in [2.24, 2.45) is 5.10 Å². The summed E-state index contributed by atoms with van der Waals surface area (Å²) in [6.45, 7) is 2.02. The second-order valence-corrected chi connectivity index (χ2v) is 6.07. The molecule has 2 aromatic carbocycles. The largest absolute Gasteiger partial charge is 0.493 e. The maximum absolute atomic E-state index is 5.42. The van der Waals surface area contributed by atoms with Crippen LogP contribution in [0.3, 0.4) is 0 Å². The number of ether oxygens (including phenoxy) is 3. The van der Waals surface area contributed by atoms with Crippen LogP contribution in [0, 0.1) is 11.7 Å². The number of aromatic amines is 1. The van der Waals surface area contributed by atoms with Crippen molar-refractivity contribution in [2.45, 2.75) is 6.92 Å². The Morgan fingerprint density at radius 3 is 2.33 bits per heavy atom. The van der Waals surface area contributed by atoms with Crippen molar-refractivity contribution >= 4 is 18.4 Å². The van der Waals surface area contributed by atoms with E-state index in [1.807, 2.05) is 31.2 Å². The molecular weight excluding hydrogens is 364 g/mol. The van der Waals surface area contributed by atoms with E-state index in [2.05, 4.69) is 15.3 Å². The fourth-order valence-corrected chi connectivity index (χ4v) is 2.83. The van der Waals surface area contributed by atoms with Gasteiger partial charge in [-0.2, -0.15) is 14.9 Å². The molecule has 0 saturated heterocycles. The molecule has 0 radical (unpaired) electrons. The number of hydrogen-bond donors (Lipinski definition) is 1. The van der Waals surface area contributed by atoms with Crippen LogP contribution in [0.4, 0.5) is 0 Å². The lowest BCUT2D eigenvalue weighted by Gasteiger charge is -2.13. The van der Waals surface area contributed by atoms with E-state index in [9.17, 15) is 0 Å². The molecule has 0 unspecified atom stereocenters. The molecule has 0 bridgehead atoms. The summed E-state index contributed by atoms with van der Waals surface area (Å²) in [6, 6.07) is 11.6. The van der Waals surface area contributed by atoms with Crippen LogP contribution in [0.15, 0.2) is 41.5 Å². The third-order valence-corrected chi connectivity index (χ3v) is 4.34. The lowest BCUT2D eigenvalue weighted by Crippen LogP contribution is -1.99. The fourth-order valence-electron chi connectivity index (χ4n) is 2.65. The maximum atomic E-state index is 5.42. The highest BCUT2D eigenvalue weighted by Gasteiger charge is 2.17. The van der Waals surface area contributed by atoms with Crippen molar-refractivity contribution in [3.05, 3.63) is 52.3 Å². The Labute approximate surface area is 162 Å². The summed E-state index contributed by atoms with van der Waals surface area (Å²) in [7, 11) is 4.69. The van der Waals surface area contributed by atoms with E-state index in [0.717, 1.165) is 16.7 Å². The van der Waals surface area contributed by atoms with Crippen LogP contribution in [0.25, 0.3) is 11.4 Å². The van der Waals surface area contributed by atoms with Gasteiger partial charge in [-0.15, -0.1) is 0 Å². The van der Waals surface area contributed by atoms with Crippen LogP contribution in [-0.2, 0) is 0 Å². The lowest BCUT2D eigenvalue weighted by atomic mass is 10.1. The minimum absolute atomic E-state index is 0.378. The molecule has 0 saturated carbocycles. The van der Waals surface area contributed by atoms with Crippen molar-refractivity contribution in [3.8, 4) is 28.6 Å². The van der Waals surface area contributed by atoms with E-state index >= 15 is 0 Å². The maximum Gasteiger partial charge on any atom is 0.216 e. The van der Waals surface area contributed by atoms with Crippen molar-refractivity contribution in [1.82, 2.24) is 14.9 Å². The van der Waals surface area contributed by atoms with E-state index in [-0.39, 0.29) is 0 Å². The first-order valence-corrected chi connectivity index (χ1v) is 8.57. The Kier molecular flexibility index (Phi) is 5.56. The topological polar surface area (TPSA) is 73.7 Å². The predicted molar refractivity (Wildman–Crippen MR) is 107 cm³/mol. The van der Waals surface area contributed by atoms with Crippen LogP contribution in [0.5, 0.6) is 17.2 Å². The number of aromatic nitrogens is 3. The molecule has 0 amide bonds. The first-order chi connectivity index (χ1) is 13.1. The SMILES string of the molecule is COc1cc(-c2n[nH]c(=S)n2N=Cc2ccccc2C)cc(OC)c1OC. The van der Waals surface area contributed by atoms with E-state index in [4.69, 9.17) is 26.4 Å². The van der Waals surface area contributed by atoms with Crippen LogP contribution in [0.2, 0.25) is 0 Å². The molecule has 0 fully saturated rings. The Bertz CT molecular complexity index is 1010. The van der Waals surface area contributed by atoms with Gasteiger partial charge in [-0.1, -0.05) is 24.3 Å². The van der Waals surface area contributed by atoms with Gasteiger partial charge in [0, 0.05) is 5.56 Å². The zero-order chi connectivity index (χ0) is 19.4. The smallest absolute Gasteiger partial charge is 0.216 e. The van der Waals surface area contributed by atoms with Crippen molar-refractivity contribution < 1.29 is 14.2 Å². The number of nitrogens with one attached hydrogen (secondary N) is 1. The summed E-state index contributed by atoms with van der Waals surface area (Å²) in [5.41, 5.74) is 2.83. The highest BCUT2D eigenvalue weighted by Crippen LogP contribution is 2.40. The second kappa shape index (κ2) is 8.05. The average Bonchev–Trinajstić information content (AvgIpc) is 3.06. The van der Waals surface area contributed by atoms with E-state index in [1.54, 1.807) is 44.4 Å². The second-order valence-electron chi connectivity index (χ2n) is 5.68. The molecule has 1 heterocycles. The summed E-state index contributed by atoms with van der Waals surface area (Å²) in [4.78, 5) is 0. The highest BCUT2D eigenvalue weighted by molar-refractivity contribution is 7.71. The van der Waals surface area contributed by atoms with Gasteiger partial charge >= 0.3 is 0 Å². The summed E-state index contributed by atoms with van der Waals surface area (Å²) in [5.74, 6) is 2.09. The summed E-state index contributed by atoms with van der Waals surface area (Å²) in [5, 5.41) is 11.6. The number of nitrogens with zero attached hydrogens (tertiary/aromatic N) is 3. The number of benzene rings is 2. The average molecular weight is 384 g/mol. The van der Waals surface area contributed by atoms with Crippen molar-refractivity contribution in [2.75, 3.05) is 21.3 Å². The summed E-state index contributed by atoms with van der Waals surface area (Å²) >= 11 is 5.34. The Balaban J connectivity index is 2.10. The number of H-pyrrole nitrogens is 1. The third kappa shape index (κ3) is 3.70. The van der Waals surface area contributed by atoms with Crippen LogP contribution in [0.1, 0.15) is 11.1 Å². The van der Waals surface area contributed by atoms with E-state index < -0.39 is 0 Å². The summed E-state index contributed by atoms with van der Waals surface area (Å²) < 4.78 is 18.1. The van der Waals surface area contributed by atoms with Crippen molar-refractivity contribution in [1.29, 1.82) is 0 Å². The zero-order valence-corrected chi connectivity index (χ0v) is 16.3. The molecule has 1 aromatic heterocycles. The van der Waals surface area contributed by atoms with Gasteiger partial charge in [0.2, 0.25) is 10.5 Å². The molecule has 27 heavy (non-hydrogen) atoms. The molecule has 7 nitrogen and oxygen atoms in total. The molecule has 8 heteroatoms. The van der Waals surface area contributed by atoms with Gasteiger partial charge in [0.05, 0.1) is 27.5 Å². The molecule has 140 valence electrons. The Hall–Kier alpha value is -3.13. The molecular formula is C19H20N4O3S. The fraction of sp³-hybridized carbons (Fsp3) is 0.211. The molecule has 1 N–H and O–H groups in total. The quantitative estimate of drug-likeness (QED) is 0.517. The summed E-state index contributed by atoms with van der Waals surface area (Å²) in [6.07, 6.45) is 1.75. The first-order valence-electron chi connectivity index (χ1n) is 8.16. The molecule has 3 aromatic rings. The standard InChI is InChI=1S/C19H20N4O3S/c1-12-7-5-6-8-13(12)11-20-23-18(21-22-19(23)27)14-9-15(24-2)17(26-4)16(10-14)25-3/h5-11H,1-4H3,(H,22,27). The monoisotopic (exact) mass is 384 g/mol. The molecule has 0 atom stereocenters. The number of hydrogen-bond acceptors (Lipinski definition) is 6. The van der Waals surface area contributed by atoms with Crippen LogP contribution < -0.4 is 14.2 Å². The lowest BCUT2D eigenvalue weighted by molar-refractivity contribution is 0.324. The van der Waals surface area contributed by atoms with Crippen molar-refractivity contribution in [3.63, 3.8) is 0 Å². The van der Waals surface area contributed by atoms with E-state index in [1.165, 1.54) is 0 Å². The normalized spacial score (nSPS) is 11.0. The van der Waals surface area contributed by atoms with Crippen LogP contribution >= 0.6 is 12.2 Å². The predicted octanol–water partition coefficient (Wildman–Crippen LogP) is 3.82. The van der Waals surface area contributed by atoms with Crippen LogP contribution in [-0.4, -0.2) is 42.4 Å². The molecule has 3 rings (SSSR count). The van der Waals surface area contributed by atoms with Gasteiger partial charge in [0.15, 0.2) is 17.3 Å². The van der Waals surface area contributed by atoms with Gasteiger partial charge in [-0.25, -0.2) is 5.10 Å². The highest BCUT2D eigenvalue weighted by atomic mass is 32.1. The molecule has 0 aliphatic heterocycles. The zero-order valence-electron chi connectivity index (χ0n) is 15.5. The Morgan fingerprint density at radius 2 is 1.74 bits per heavy atom. The Morgan fingerprint density at radius 1 is 1.07 bits per heavy atom. The first kappa shape index (κ1) is 18.7. The molecule has 0 aliphatic carbocycles. The number of methoxy groups -OCH3 is 3. The van der Waals surface area contributed by atoms with E-state index in [0.29, 0.717) is 27.8 Å². The number of aryl methyl sites for hydroxylation is 1. The molecule has 0 spiro atoms.